The number of hydrogen-bond donors (Lipinski definition) is 3. The Kier molecular flexibility index (Phi) is 5.87. The van der Waals surface area contributed by atoms with Crippen LogP contribution in [0.4, 0.5) is 4.79 Å². The molecule has 1 saturated heterocycles. The van der Waals surface area contributed by atoms with Gasteiger partial charge in [0.25, 0.3) is 0 Å². The van der Waals surface area contributed by atoms with E-state index in [2.05, 4.69) is 15.5 Å². The fourth-order valence-electron chi connectivity index (χ4n) is 1.93. The van der Waals surface area contributed by atoms with E-state index in [4.69, 9.17) is 9.84 Å². The summed E-state index contributed by atoms with van der Waals surface area (Å²) >= 11 is 0. The molecule has 2 unspecified atom stereocenters. The van der Waals surface area contributed by atoms with Gasteiger partial charge in [-0.05, 0) is 20.0 Å². The smallest absolute Gasteiger partial charge is 0.326 e. The molecule has 0 bridgehead atoms. The SMILES string of the molecule is COCCC(NC(=O)NC1CCN(C)C1)C(=O)O. The van der Waals surface area contributed by atoms with Gasteiger partial charge in [0.05, 0.1) is 0 Å². The van der Waals surface area contributed by atoms with Crippen molar-refractivity contribution in [2.24, 2.45) is 0 Å². The zero-order valence-corrected chi connectivity index (χ0v) is 10.8. The topological polar surface area (TPSA) is 90.9 Å². The first-order valence-corrected chi connectivity index (χ1v) is 6.00. The molecule has 18 heavy (non-hydrogen) atoms. The zero-order chi connectivity index (χ0) is 13.5. The molecular formula is C11H21N3O4. The molecule has 0 aromatic rings. The van der Waals surface area contributed by atoms with Crippen molar-refractivity contribution >= 4 is 12.0 Å². The third-order valence-corrected chi connectivity index (χ3v) is 2.94. The summed E-state index contributed by atoms with van der Waals surface area (Å²) in [6, 6.07) is -1.25. The number of hydrogen-bond acceptors (Lipinski definition) is 4. The average molecular weight is 259 g/mol. The van der Waals surface area contributed by atoms with Gasteiger partial charge < -0.3 is 25.4 Å². The first-order valence-electron chi connectivity index (χ1n) is 6.00. The minimum atomic E-state index is -1.05. The lowest BCUT2D eigenvalue weighted by Crippen LogP contribution is -2.49. The van der Waals surface area contributed by atoms with E-state index in [-0.39, 0.29) is 12.5 Å². The summed E-state index contributed by atoms with van der Waals surface area (Å²) in [6.07, 6.45) is 1.14. The lowest BCUT2D eigenvalue weighted by molar-refractivity contribution is -0.139. The molecular weight excluding hydrogens is 238 g/mol. The predicted octanol–water partition coefficient (Wildman–Crippen LogP) is -0.521. The first kappa shape index (κ1) is 14.7. The molecule has 0 saturated carbocycles. The number of carbonyl (C=O) groups excluding carboxylic acids is 1. The van der Waals surface area contributed by atoms with Crippen molar-refractivity contribution in [2.45, 2.75) is 24.9 Å². The Balaban J connectivity index is 2.34. The van der Waals surface area contributed by atoms with E-state index in [9.17, 15) is 9.59 Å². The summed E-state index contributed by atoms with van der Waals surface area (Å²) in [7, 11) is 3.48. The molecule has 1 rings (SSSR count). The first-order chi connectivity index (χ1) is 8.52. The maximum atomic E-state index is 11.6. The number of nitrogens with zero attached hydrogens (tertiary/aromatic N) is 1. The van der Waals surface area contributed by atoms with Gasteiger partial charge in [-0.25, -0.2) is 9.59 Å². The summed E-state index contributed by atoms with van der Waals surface area (Å²) in [5, 5.41) is 14.2. The Labute approximate surface area is 106 Å². The number of carboxylic acids is 1. The van der Waals surface area contributed by atoms with Gasteiger partial charge in [-0.3, -0.25) is 0 Å². The molecule has 3 N–H and O–H groups in total. The van der Waals surface area contributed by atoms with Crippen molar-refractivity contribution in [2.75, 3.05) is 33.9 Å². The standard InChI is InChI=1S/C11H21N3O4/c1-14-5-3-8(7-14)12-11(17)13-9(10(15)16)4-6-18-2/h8-9H,3-7H2,1-2H3,(H,15,16)(H2,12,13,17). The summed E-state index contributed by atoms with van der Waals surface area (Å²) in [5.74, 6) is -1.05. The Morgan fingerprint density at radius 2 is 2.28 bits per heavy atom. The van der Waals surface area contributed by atoms with E-state index in [1.807, 2.05) is 7.05 Å². The Morgan fingerprint density at radius 1 is 1.56 bits per heavy atom. The lowest BCUT2D eigenvalue weighted by Gasteiger charge is -2.17. The second-order valence-corrected chi connectivity index (χ2v) is 4.54. The van der Waals surface area contributed by atoms with Crippen molar-refractivity contribution in [1.82, 2.24) is 15.5 Å². The van der Waals surface area contributed by atoms with Crippen LogP contribution in [0.3, 0.4) is 0 Å². The van der Waals surface area contributed by atoms with Crippen LogP contribution in [0.15, 0.2) is 0 Å². The minimum absolute atomic E-state index is 0.0897. The Hall–Kier alpha value is -1.34. The highest BCUT2D eigenvalue weighted by atomic mass is 16.5. The Bertz CT molecular complexity index is 298. The quantitative estimate of drug-likeness (QED) is 0.597. The Morgan fingerprint density at radius 3 is 2.78 bits per heavy atom. The van der Waals surface area contributed by atoms with Gasteiger partial charge in [-0.2, -0.15) is 0 Å². The summed E-state index contributed by atoms with van der Waals surface area (Å²) in [4.78, 5) is 24.7. The van der Waals surface area contributed by atoms with Crippen LogP contribution < -0.4 is 10.6 Å². The van der Waals surface area contributed by atoms with Crippen LogP contribution in [0.1, 0.15) is 12.8 Å². The van der Waals surface area contributed by atoms with Crippen LogP contribution in [0.2, 0.25) is 0 Å². The van der Waals surface area contributed by atoms with Gasteiger partial charge in [0.15, 0.2) is 0 Å². The predicted molar refractivity (Wildman–Crippen MR) is 65.5 cm³/mol. The number of rotatable bonds is 6. The number of methoxy groups -OCH3 is 1. The van der Waals surface area contributed by atoms with E-state index in [1.54, 1.807) is 0 Å². The number of aliphatic carboxylic acids is 1. The van der Waals surface area contributed by atoms with Gasteiger partial charge in [0, 0.05) is 32.7 Å². The molecule has 7 heteroatoms. The maximum Gasteiger partial charge on any atom is 0.326 e. The number of nitrogens with one attached hydrogen (secondary N) is 2. The lowest BCUT2D eigenvalue weighted by atomic mass is 10.2. The third kappa shape index (κ3) is 4.89. The van der Waals surface area contributed by atoms with E-state index < -0.39 is 18.0 Å². The number of carbonyl (C=O) groups is 2. The highest BCUT2D eigenvalue weighted by Crippen LogP contribution is 2.05. The summed E-state index contributed by atoms with van der Waals surface area (Å²) in [6.45, 7) is 2.03. The number of carboxylic acid groups (broad SMARTS) is 1. The molecule has 0 radical (unpaired) electrons. The second-order valence-electron chi connectivity index (χ2n) is 4.54. The molecule has 1 heterocycles. The van der Waals surface area contributed by atoms with Crippen LogP contribution in [-0.2, 0) is 9.53 Å². The van der Waals surface area contributed by atoms with E-state index in [0.717, 1.165) is 19.5 Å². The molecule has 1 aliphatic rings. The number of likely N-dealkylation sites (tertiary alicyclic amines) is 1. The molecule has 0 aromatic heterocycles. The number of urea groups is 1. The summed E-state index contributed by atoms with van der Waals surface area (Å²) < 4.78 is 4.81. The van der Waals surface area contributed by atoms with Crippen LogP contribution >= 0.6 is 0 Å². The second kappa shape index (κ2) is 7.17. The van der Waals surface area contributed by atoms with Crippen molar-refractivity contribution in [1.29, 1.82) is 0 Å². The monoisotopic (exact) mass is 259 g/mol. The molecule has 104 valence electrons. The zero-order valence-electron chi connectivity index (χ0n) is 10.8. The van der Waals surface area contributed by atoms with Gasteiger partial charge >= 0.3 is 12.0 Å². The van der Waals surface area contributed by atoms with Gasteiger partial charge in [0.2, 0.25) is 0 Å². The van der Waals surface area contributed by atoms with Gasteiger partial charge in [0.1, 0.15) is 6.04 Å². The number of ether oxygens (including phenoxy) is 1. The average Bonchev–Trinajstić information content (AvgIpc) is 2.69. The molecule has 0 aliphatic carbocycles. The molecule has 1 fully saturated rings. The van der Waals surface area contributed by atoms with Crippen molar-refractivity contribution in [3.8, 4) is 0 Å². The van der Waals surface area contributed by atoms with Crippen LogP contribution in [-0.4, -0.2) is 67.9 Å². The molecule has 2 atom stereocenters. The van der Waals surface area contributed by atoms with Gasteiger partial charge in [-0.15, -0.1) is 0 Å². The fourth-order valence-corrected chi connectivity index (χ4v) is 1.93. The van der Waals surface area contributed by atoms with Crippen molar-refractivity contribution < 1.29 is 19.4 Å². The van der Waals surface area contributed by atoms with Crippen LogP contribution in [0, 0.1) is 0 Å². The minimum Gasteiger partial charge on any atom is -0.480 e. The van der Waals surface area contributed by atoms with E-state index in [1.165, 1.54) is 7.11 Å². The fraction of sp³-hybridized carbons (Fsp3) is 0.818. The highest BCUT2D eigenvalue weighted by Gasteiger charge is 2.24. The third-order valence-electron chi connectivity index (χ3n) is 2.94. The largest absolute Gasteiger partial charge is 0.480 e. The maximum absolute atomic E-state index is 11.6. The normalized spacial score (nSPS) is 21.6. The highest BCUT2D eigenvalue weighted by molar-refractivity contribution is 5.82. The van der Waals surface area contributed by atoms with Crippen LogP contribution in [0.25, 0.3) is 0 Å². The van der Waals surface area contributed by atoms with Crippen molar-refractivity contribution in [3.63, 3.8) is 0 Å². The molecule has 0 spiro atoms. The van der Waals surface area contributed by atoms with Crippen molar-refractivity contribution in [3.05, 3.63) is 0 Å². The molecule has 2 amide bonds. The van der Waals surface area contributed by atoms with E-state index in [0.29, 0.717) is 6.61 Å². The van der Waals surface area contributed by atoms with E-state index >= 15 is 0 Å². The summed E-state index contributed by atoms with van der Waals surface area (Å²) in [5.41, 5.74) is 0. The van der Waals surface area contributed by atoms with Crippen LogP contribution in [0.5, 0.6) is 0 Å². The number of amides is 2. The molecule has 7 nitrogen and oxygen atoms in total. The van der Waals surface area contributed by atoms with Gasteiger partial charge in [-0.1, -0.05) is 0 Å². The molecule has 0 aromatic carbocycles. The molecule has 1 aliphatic heterocycles. The number of likely N-dealkylation sites (N-methyl/N-ethyl adjacent to an activating group) is 1.